The number of methoxy groups -OCH3 is 1. The highest BCUT2D eigenvalue weighted by Crippen LogP contribution is 2.32. The normalized spacial score (nSPS) is 12.3. The molecule has 0 radical (unpaired) electrons. The van der Waals surface area contributed by atoms with Crippen LogP contribution in [0.2, 0.25) is 0 Å². The largest absolute Gasteiger partial charge is 0.438 e. The summed E-state index contributed by atoms with van der Waals surface area (Å²) in [7, 11) is 1.66. The fourth-order valence-electron chi connectivity index (χ4n) is 3.32. The predicted octanol–water partition coefficient (Wildman–Crippen LogP) is 4.33. The molecule has 3 aromatic rings. The molecule has 166 valence electrons. The second-order valence-electron chi connectivity index (χ2n) is 7.47. The van der Waals surface area contributed by atoms with Crippen LogP contribution < -0.4 is 4.74 Å². The summed E-state index contributed by atoms with van der Waals surface area (Å²) in [5.41, 5.74) is 2.54. The van der Waals surface area contributed by atoms with Gasteiger partial charge < -0.3 is 14.6 Å². The van der Waals surface area contributed by atoms with Crippen molar-refractivity contribution in [3.8, 4) is 17.3 Å². The molecule has 0 aliphatic rings. The maximum Gasteiger partial charge on any atom is 0.227 e. The number of hydrogen-bond acceptors (Lipinski definition) is 5. The zero-order valence-corrected chi connectivity index (χ0v) is 18.3. The van der Waals surface area contributed by atoms with E-state index in [0.29, 0.717) is 44.3 Å². The van der Waals surface area contributed by atoms with Gasteiger partial charge in [-0.05, 0) is 37.6 Å². The molecular formula is C24H30FN3O3. The fraction of sp³-hybridized carbons (Fsp3) is 0.375. The van der Waals surface area contributed by atoms with Crippen molar-refractivity contribution in [3.05, 3.63) is 71.7 Å². The van der Waals surface area contributed by atoms with E-state index in [1.807, 2.05) is 44.2 Å². The molecule has 3 rings (SSSR count). The molecular weight excluding hydrogens is 397 g/mol. The molecule has 0 fully saturated rings. The second-order valence-corrected chi connectivity index (χ2v) is 7.47. The van der Waals surface area contributed by atoms with Crippen LogP contribution in [0.15, 0.2) is 54.6 Å². The molecule has 0 spiro atoms. The summed E-state index contributed by atoms with van der Waals surface area (Å²) in [5, 5.41) is 14.9. The van der Waals surface area contributed by atoms with E-state index in [0.717, 1.165) is 16.9 Å². The average Bonchev–Trinajstić information content (AvgIpc) is 3.07. The SMILES string of the molecule is CC[C@H](O)CN(CCOC)Cc1c(C)nn(-c2ccccc2)c1Oc1cccc(F)c1. The molecule has 1 aromatic heterocycles. The maximum atomic E-state index is 13.8. The number of aliphatic hydroxyl groups excluding tert-OH is 1. The Morgan fingerprint density at radius 1 is 1.16 bits per heavy atom. The first-order chi connectivity index (χ1) is 15.0. The van der Waals surface area contributed by atoms with Gasteiger partial charge in [0.1, 0.15) is 11.6 Å². The lowest BCUT2D eigenvalue weighted by atomic mass is 10.2. The summed E-state index contributed by atoms with van der Waals surface area (Å²) in [4.78, 5) is 2.12. The van der Waals surface area contributed by atoms with Crippen LogP contribution in [-0.2, 0) is 11.3 Å². The van der Waals surface area contributed by atoms with Crippen molar-refractivity contribution in [2.45, 2.75) is 32.9 Å². The fourth-order valence-corrected chi connectivity index (χ4v) is 3.32. The van der Waals surface area contributed by atoms with Gasteiger partial charge in [-0.25, -0.2) is 9.07 Å². The number of rotatable bonds is 11. The standard InChI is InChI=1S/C24H30FN3O3/c1-4-21(29)16-27(13-14-30-3)17-23-18(2)26-28(20-10-6-5-7-11-20)24(23)31-22-12-8-9-19(25)15-22/h5-12,15,21,29H,4,13-14,16-17H2,1-3H3/t21-/m0/s1. The Morgan fingerprint density at radius 3 is 2.61 bits per heavy atom. The van der Waals surface area contributed by atoms with E-state index in [2.05, 4.69) is 4.90 Å². The average molecular weight is 428 g/mol. The lowest BCUT2D eigenvalue weighted by Crippen LogP contribution is -2.34. The van der Waals surface area contributed by atoms with Gasteiger partial charge in [-0.2, -0.15) is 5.10 Å². The van der Waals surface area contributed by atoms with Crippen molar-refractivity contribution in [3.63, 3.8) is 0 Å². The molecule has 0 saturated carbocycles. The minimum Gasteiger partial charge on any atom is -0.438 e. The zero-order valence-electron chi connectivity index (χ0n) is 18.3. The van der Waals surface area contributed by atoms with E-state index in [4.69, 9.17) is 14.6 Å². The van der Waals surface area contributed by atoms with Gasteiger partial charge in [0.15, 0.2) is 0 Å². The van der Waals surface area contributed by atoms with Gasteiger partial charge in [-0.15, -0.1) is 0 Å². The van der Waals surface area contributed by atoms with E-state index < -0.39 is 6.10 Å². The number of aromatic nitrogens is 2. The zero-order chi connectivity index (χ0) is 22.2. The van der Waals surface area contributed by atoms with Crippen LogP contribution in [0.3, 0.4) is 0 Å². The van der Waals surface area contributed by atoms with E-state index >= 15 is 0 Å². The molecule has 7 heteroatoms. The van der Waals surface area contributed by atoms with Gasteiger partial charge in [0.2, 0.25) is 5.88 Å². The minimum atomic E-state index is -0.436. The quantitative estimate of drug-likeness (QED) is 0.494. The Hall–Kier alpha value is -2.74. The van der Waals surface area contributed by atoms with Crippen molar-refractivity contribution < 1.29 is 19.0 Å². The van der Waals surface area contributed by atoms with E-state index in [1.54, 1.807) is 23.9 Å². The second kappa shape index (κ2) is 11.0. The molecule has 2 aromatic carbocycles. The van der Waals surface area contributed by atoms with E-state index in [-0.39, 0.29) is 5.82 Å². The molecule has 1 atom stereocenters. The van der Waals surface area contributed by atoms with Crippen molar-refractivity contribution >= 4 is 0 Å². The van der Waals surface area contributed by atoms with Crippen molar-refractivity contribution in [1.82, 2.24) is 14.7 Å². The number of para-hydroxylation sites is 1. The van der Waals surface area contributed by atoms with Gasteiger partial charge in [-0.3, -0.25) is 4.90 Å². The molecule has 6 nitrogen and oxygen atoms in total. The number of hydrogen-bond donors (Lipinski definition) is 1. The Kier molecular flexibility index (Phi) is 8.17. The molecule has 1 N–H and O–H groups in total. The van der Waals surface area contributed by atoms with Crippen LogP contribution >= 0.6 is 0 Å². The summed E-state index contributed by atoms with van der Waals surface area (Å²) >= 11 is 0. The third-order valence-corrected chi connectivity index (χ3v) is 5.08. The summed E-state index contributed by atoms with van der Waals surface area (Å²) in [6.07, 6.45) is 0.229. The van der Waals surface area contributed by atoms with Crippen LogP contribution in [0.4, 0.5) is 4.39 Å². The van der Waals surface area contributed by atoms with Crippen LogP contribution in [0.5, 0.6) is 11.6 Å². The summed E-state index contributed by atoms with van der Waals surface area (Å²) in [5.74, 6) is 0.562. The number of halogens is 1. The molecule has 0 amide bonds. The maximum absolute atomic E-state index is 13.8. The molecule has 0 aliphatic carbocycles. The van der Waals surface area contributed by atoms with Gasteiger partial charge in [0, 0.05) is 32.8 Å². The van der Waals surface area contributed by atoms with Crippen LogP contribution in [0, 0.1) is 12.7 Å². The van der Waals surface area contributed by atoms with Crippen molar-refractivity contribution in [2.24, 2.45) is 0 Å². The number of benzene rings is 2. The number of nitrogens with zero attached hydrogens (tertiary/aromatic N) is 3. The first-order valence-electron chi connectivity index (χ1n) is 10.5. The molecule has 0 unspecified atom stereocenters. The Balaban J connectivity index is 2.00. The lowest BCUT2D eigenvalue weighted by Gasteiger charge is -2.24. The lowest BCUT2D eigenvalue weighted by molar-refractivity contribution is 0.0825. The first kappa shape index (κ1) is 22.9. The van der Waals surface area contributed by atoms with Crippen LogP contribution in [-0.4, -0.2) is 52.7 Å². The minimum absolute atomic E-state index is 0.366. The predicted molar refractivity (Wildman–Crippen MR) is 118 cm³/mol. The topological polar surface area (TPSA) is 59.8 Å². The third kappa shape index (κ3) is 6.13. The van der Waals surface area contributed by atoms with Crippen LogP contribution in [0.25, 0.3) is 5.69 Å². The summed E-state index contributed by atoms with van der Waals surface area (Å²) in [6, 6.07) is 15.7. The highest BCUT2D eigenvalue weighted by atomic mass is 19.1. The first-order valence-corrected chi connectivity index (χ1v) is 10.5. The molecule has 1 heterocycles. The monoisotopic (exact) mass is 427 g/mol. The van der Waals surface area contributed by atoms with E-state index in [9.17, 15) is 9.50 Å². The summed E-state index contributed by atoms with van der Waals surface area (Å²) in [6.45, 7) is 6.11. The van der Waals surface area contributed by atoms with Gasteiger partial charge in [0.25, 0.3) is 0 Å². The number of ether oxygens (including phenoxy) is 2. The molecule has 31 heavy (non-hydrogen) atoms. The van der Waals surface area contributed by atoms with E-state index in [1.165, 1.54) is 12.1 Å². The summed E-state index contributed by atoms with van der Waals surface area (Å²) < 4.78 is 26.9. The number of aliphatic hydroxyl groups is 1. The Labute approximate surface area is 182 Å². The highest BCUT2D eigenvalue weighted by molar-refractivity contribution is 5.43. The Bertz CT molecular complexity index is 962. The molecule has 0 bridgehead atoms. The third-order valence-electron chi connectivity index (χ3n) is 5.08. The van der Waals surface area contributed by atoms with Gasteiger partial charge >= 0.3 is 0 Å². The van der Waals surface area contributed by atoms with Gasteiger partial charge in [0.05, 0.1) is 29.7 Å². The van der Waals surface area contributed by atoms with Crippen molar-refractivity contribution in [2.75, 3.05) is 26.8 Å². The molecule has 0 aliphatic heterocycles. The van der Waals surface area contributed by atoms with Crippen molar-refractivity contribution in [1.29, 1.82) is 0 Å². The Morgan fingerprint density at radius 2 is 1.94 bits per heavy atom. The van der Waals surface area contributed by atoms with Gasteiger partial charge in [-0.1, -0.05) is 31.2 Å². The van der Waals surface area contributed by atoms with Crippen LogP contribution in [0.1, 0.15) is 24.6 Å². The number of aryl methyl sites for hydroxylation is 1. The smallest absolute Gasteiger partial charge is 0.227 e. The highest BCUT2D eigenvalue weighted by Gasteiger charge is 2.22. The molecule has 0 saturated heterocycles.